The first kappa shape index (κ1) is 16.3. The molecule has 1 unspecified atom stereocenters. The van der Waals surface area contributed by atoms with Gasteiger partial charge >= 0.3 is 0 Å². The lowest BCUT2D eigenvalue weighted by atomic mass is 9.82. The zero-order valence-corrected chi connectivity index (χ0v) is 14.0. The molecule has 1 saturated carbocycles. The molecule has 1 aliphatic heterocycles. The third-order valence-electron chi connectivity index (χ3n) is 5.34. The first-order chi connectivity index (χ1) is 11.1. The third kappa shape index (κ3) is 3.69. The Morgan fingerprint density at radius 3 is 2.57 bits per heavy atom. The van der Waals surface area contributed by atoms with Crippen LogP contribution in [0.15, 0.2) is 24.3 Å². The summed E-state index contributed by atoms with van der Waals surface area (Å²) in [5, 5.41) is 10.7. The van der Waals surface area contributed by atoms with E-state index >= 15 is 0 Å². The lowest BCUT2D eigenvalue weighted by Gasteiger charge is -2.34. The van der Waals surface area contributed by atoms with Crippen LogP contribution in [0.4, 0.5) is 0 Å². The van der Waals surface area contributed by atoms with E-state index in [4.69, 9.17) is 4.74 Å². The van der Waals surface area contributed by atoms with Gasteiger partial charge in [-0.25, -0.2) is 0 Å². The Kier molecular flexibility index (Phi) is 4.90. The molecule has 23 heavy (non-hydrogen) atoms. The molecule has 1 heterocycles. The average Bonchev–Trinajstić information content (AvgIpc) is 3.05. The zero-order valence-electron chi connectivity index (χ0n) is 14.0. The number of hydrogen-bond donors (Lipinski definition) is 1. The molecule has 1 aromatic rings. The summed E-state index contributed by atoms with van der Waals surface area (Å²) >= 11 is 0. The Balaban J connectivity index is 1.68. The smallest absolute Gasteiger partial charge is 0.225 e. The number of carbonyl (C=O) groups is 1. The Morgan fingerprint density at radius 2 is 1.91 bits per heavy atom. The summed E-state index contributed by atoms with van der Waals surface area (Å²) < 4.78 is 5.21. The van der Waals surface area contributed by atoms with Gasteiger partial charge in [-0.2, -0.15) is 0 Å². The van der Waals surface area contributed by atoms with Gasteiger partial charge in [0.25, 0.3) is 0 Å². The lowest BCUT2D eigenvalue weighted by molar-refractivity contribution is -0.138. The summed E-state index contributed by atoms with van der Waals surface area (Å²) in [6.07, 6.45) is 7.07. The average molecular weight is 317 g/mol. The molecule has 1 N–H and O–H groups in total. The number of nitrogens with zero attached hydrogens (tertiary/aromatic N) is 1. The predicted octanol–water partition coefficient (Wildman–Crippen LogP) is 3.44. The molecule has 4 heteroatoms. The number of hydrogen-bond acceptors (Lipinski definition) is 3. The maximum atomic E-state index is 12.8. The Labute approximate surface area is 138 Å². The number of likely N-dealkylation sites (tertiary alicyclic amines) is 1. The van der Waals surface area contributed by atoms with Crippen molar-refractivity contribution in [2.75, 3.05) is 13.7 Å². The van der Waals surface area contributed by atoms with Gasteiger partial charge in [0.1, 0.15) is 5.75 Å². The molecule has 2 aliphatic rings. The minimum atomic E-state index is -0.775. The van der Waals surface area contributed by atoms with Crippen LogP contribution in [0.2, 0.25) is 0 Å². The molecule has 3 rings (SSSR count). The van der Waals surface area contributed by atoms with Crippen LogP contribution >= 0.6 is 0 Å². The summed E-state index contributed by atoms with van der Waals surface area (Å²) in [4.78, 5) is 14.7. The van der Waals surface area contributed by atoms with Crippen molar-refractivity contribution < 1.29 is 14.6 Å². The fraction of sp³-hybridized carbons (Fsp3) is 0.632. The SMILES string of the molecule is COc1ccc(C2CCCN2C(=O)CC2(O)CCCCC2)cc1. The Hall–Kier alpha value is -1.55. The number of amides is 1. The summed E-state index contributed by atoms with van der Waals surface area (Å²) in [6.45, 7) is 0.797. The van der Waals surface area contributed by atoms with Gasteiger partial charge in [0.05, 0.1) is 25.2 Å². The highest BCUT2D eigenvalue weighted by atomic mass is 16.5. The van der Waals surface area contributed by atoms with Gasteiger partial charge in [0, 0.05) is 6.54 Å². The molecular formula is C19H27NO3. The van der Waals surface area contributed by atoms with Crippen molar-refractivity contribution in [3.05, 3.63) is 29.8 Å². The quantitative estimate of drug-likeness (QED) is 0.925. The highest BCUT2D eigenvalue weighted by Crippen LogP contribution is 2.36. The number of methoxy groups -OCH3 is 1. The second-order valence-corrected chi connectivity index (χ2v) is 6.98. The van der Waals surface area contributed by atoms with E-state index in [0.29, 0.717) is 0 Å². The number of benzene rings is 1. The molecule has 0 radical (unpaired) electrons. The highest BCUT2D eigenvalue weighted by Gasteiger charge is 2.37. The fourth-order valence-electron chi connectivity index (χ4n) is 4.01. The molecule has 0 aromatic heterocycles. The van der Waals surface area contributed by atoms with E-state index in [2.05, 4.69) is 0 Å². The molecule has 1 aromatic carbocycles. The van der Waals surface area contributed by atoms with Crippen LogP contribution in [0.1, 0.15) is 63.0 Å². The number of carbonyl (C=O) groups excluding carboxylic acids is 1. The van der Waals surface area contributed by atoms with Gasteiger partial charge < -0.3 is 14.7 Å². The summed E-state index contributed by atoms with van der Waals surface area (Å²) in [7, 11) is 1.66. The van der Waals surface area contributed by atoms with Crippen LogP contribution < -0.4 is 4.74 Å². The van der Waals surface area contributed by atoms with Crippen molar-refractivity contribution in [1.82, 2.24) is 4.90 Å². The summed E-state index contributed by atoms with van der Waals surface area (Å²) in [5.74, 6) is 0.939. The molecule has 1 aliphatic carbocycles. The van der Waals surface area contributed by atoms with E-state index in [0.717, 1.165) is 56.4 Å². The van der Waals surface area contributed by atoms with Gasteiger partial charge in [0.15, 0.2) is 0 Å². The van der Waals surface area contributed by atoms with E-state index in [9.17, 15) is 9.90 Å². The van der Waals surface area contributed by atoms with Crippen molar-refractivity contribution >= 4 is 5.91 Å². The second-order valence-electron chi connectivity index (χ2n) is 6.98. The molecule has 1 saturated heterocycles. The molecule has 1 amide bonds. The van der Waals surface area contributed by atoms with E-state index in [1.165, 1.54) is 6.42 Å². The van der Waals surface area contributed by atoms with Crippen LogP contribution in [0.3, 0.4) is 0 Å². The third-order valence-corrected chi connectivity index (χ3v) is 5.34. The minimum Gasteiger partial charge on any atom is -0.497 e. The Bertz CT molecular complexity index is 534. The molecule has 126 valence electrons. The van der Waals surface area contributed by atoms with Crippen LogP contribution in [-0.4, -0.2) is 35.2 Å². The van der Waals surface area contributed by atoms with Crippen LogP contribution in [0.5, 0.6) is 5.75 Å². The predicted molar refractivity (Wildman–Crippen MR) is 89.3 cm³/mol. The van der Waals surface area contributed by atoms with Gasteiger partial charge in [-0.15, -0.1) is 0 Å². The zero-order chi connectivity index (χ0) is 16.3. The van der Waals surface area contributed by atoms with Crippen molar-refractivity contribution in [2.45, 2.75) is 63.0 Å². The van der Waals surface area contributed by atoms with Crippen LogP contribution in [-0.2, 0) is 4.79 Å². The van der Waals surface area contributed by atoms with Gasteiger partial charge in [-0.1, -0.05) is 31.4 Å². The maximum Gasteiger partial charge on any atom is 0.225 e. The molecule has 1 atom stereocenters. The van der Waals surface area contributed by atoms with E-state index in [1.54, 1.807) is 7.11 Å². The van der Waals surface area contributed by atoms with Crippen LogP contribution in [0.25, 0.3) is 0 Å². The van der Waals surface area contributed by atoms with Crippen LogP contribution in [0, 0.1) is 0 Å². The fourth-order valence-corrected chi connectivity index (χ4v) is 4.01. The molecule has 2 fully saturated rings. The summed E-state index contributed by atoms with van der Waals surface area (Å²) in [5.41, 5.74) is 0.384. The minimum absolute atomic E-state index is 0.104. The van der Waals surface area contributed by atoms with Gasteiger partial charge in [-0.3, -0.25) is 4.79 Å². The number of rotatable bonds is 4. The monoisotopic (exact) mass is 317 g/mol. The number of aliphatic hydroxyl groups is 1. The first-order valence-electron chi connectivity index (χ1n) is 8.77. The maximum absolute atomic E-state index is 12.8. The van der Waals surface area contributed by atoms with Gasteiger partial charge in [0.2, 0.25) is 5.91 Å². The molecule has 0 spiro atoms. The second kappa shape index (κ2) is 6.91. The highest BCUT2D eigenvalue weighted by molar-refractivity contribution is 5.78. The molecule has 0 bridgehead atoms. The standard InChI is InChI=1S/C19H27NO3/c1-23-16-9-7-15(8-10-16)17-6-5-13-20(17)18(21)14-19(22)11-3-2-4-12-19/h7-10,17,22H,2-6,11-14H2,1H3. The van der Waals surface area contributed by atoms with Crippen molar-refractivity contribution in [1.29, 1.82) is 0 Å². The normalized spacial score (nSPS) is 23.7. The molecule has 4 nitrogen and oxygen atoms in total. The van der Waals surface area contributed by atoms with E-state index in [-0.39, 0.29) is 18.4 Å². The topological polar surface area (TPSA) is 49.8 Å². The van der Waals surface area contributed by atoms with Crippen molar-refractivity contribution in [3.8, 4) is 5.75 Å². The first-order valence-corrected chi connectivity index (χ1v) is 8.77. The van der Waals surface area contributed by atoms with Crippen molar-refractivity contribution in [3.63, 3.8) is 0 Å². The molecular weight excluding hydrogens is 290 g/mol. The van der Waals surface area contributed by atoms with Gasteiger partial charge in [-0.05, 0) is 43.4 Å². The number of ether oxygens (including phenoxy) is 1. The van der Waals surface area contributed by atoms with E-state index in [1.807, 2.05) is 29.2 Å². The van der Waals surface area contributed by atoms with E-state index < -0.39 is 5.60 Å². The largest absolute Gasteiger partial charge is 0.497 e. The Morgan fingerprint density at radius 1 is 1.22 bits per heavy atom. The van der Waals surface area contributed by atoms with Crippen molar-refractivity contribution in [2.24, 2.45) is 0 Å². The summed E-state index contributed by atoms with van der Waals surface area (Å²) in [6, 6.07) is 8.13. The lowest BCUT2D eigenvalue weighted by Crippen LogP contribution is -2.40.